The van der Waals surface area contributed by atoms with Crippen molar-refractivity contribution in [2.75, 3.05) is 0 Å². The van der Waals surface area contributed by atoms with Gasteiger partial charge in [-0.1, -0.05) is 25.4 Å². The van der Waals surface area contributed by atoms with Gasteiger partial charge < -0.3 is 5.11 Å². The second-order valence-corrected chi connectivity index (χ2v) is 4.67. The van der Waals surface area contributed by atoms with E-state index in [1.165, 1.54) is 18.2 Å². The van der Waals surface area contributed by atoms with Crippen molar-refractivity contribution in [1.82, 2.24) is 4.98 Å². The van der Waals surface area contributed by atoms with Crippen LogP contribution >= 0.6 is 11.6 Å². The lowest BCUT2D eigenvalue weighted by Crippen LogP contribution is -2.07. The number of aromatic carboxylic acids is 1. The van der Waals surface area contributed by atoms with Crippen LogP contribution in [0, 0.1) is 5.82 Å². The molecule has 0 amide bonds. The molecule has 0 unspecified atom stereocenters. The monoisotopic (exact) mass is 267 g/mol. The summed E-state index contributed by atoms with van der Waals surface area (Å²) < 4.78 is 13.2. The van der Waals surface area contributed by atoms with Crippen LogP contribution in [0.5, 0.6) is 0 Å². The third-order valence-corrected chi connectivity index (χ3v) is 3.01. The van der Waals surface area contributed by atoms with Crippen molar-refractivity contribution in [3.05, 3.63) is 40.3 Å². The molecule has 0 atom stereocenters. The molecular weight excluding hydrogens is 257 g/mol. The van der Waals surface area contributed by atoms with E-state index >= 15 is 0 Å². The number of aromatic nitrogens is 1. The maximum absolute atomic E-state index is 13.2. The van der Waals surface area contributed by atoms with E-state index in [4.69, 9.17) is 11.6 Å². The van der Waals surface area contributed by atoms with E-state index in [-0.39, 0.29) is 16.6 Å². The fourth-order valence-electron chi connectivity index (χ4n) is 2.04. The van der Waals surface area contributed by atoms with Crippen LogP contribution in [0.1, 0.15) is 35.7 Å². The van der Waals surface area contributed by atoms with Crippen LogP contribution in [-0.2, 0) is 0 Å². The number of hydrogen-bond acceptors (Lipinski definition) is 2. The highest BCUT2D eigenvalue weighted by atomic mass is 35.5. The largest absolute Gasteiger partial charge is 0.478 e. The molecule has 3 nitrogen and oxygen atoms in total. The number of rotatable bonds is 2. The average molecular weight is 268 g/mol. The van der Waals surface area contributed by atoms with Crippen LogP contribution in [0.3, 0.4) is 0 Å². The van der Waals surface area contributed by atoms with Crippen LogP contribution in [0.4, 0.5) is 4.39 Å². The zero-order chi connectivity index (χ0) is 13.4. The van der Waals surface area contributed by atoms with Crippen LogP contribution in [0.25, 0.3) is 10.9 Å². The topological polar surface area (TPSA) is 50.2 Å². The number of carbonyl (C=O) groups is 1. The van der Waals surface area contributed by atoms with Crippen molar-refractivity contribution >= 4 is 28.5 Å². The Labute approximate surface area is 108 Å². The van der Waals surface area contributed by atoms with Gasteiger partial charge in [-0.15, -0.1) is 0 Å². The van der Waals surface area contributed by atoms with E-state index in [1.54, 1.807) is 0 Å². The number of halogens is 2. The summed E-state index contributed by atoms with van der Waals surface area (Å²) >= 11 is 5.89. The van der Waals surface area contributed by atoms with E-state index in [0.29, 0.717) is 16.5 Å². The summed E-state index contributed by atoms with van der Waals surface area (Å²) in [5, 5.41) is 9.72. The fourth-order valence-corrected chi connectivity index (χ4v) is 2.31. The van der Waals surface area contributed by atoms with Crippen molar-refractivity contribution in [1.29, 1.82) is 0 Å². The summed E-state index contributed by atoms with van der Waals surface area (Å²) in [4.78, 5) is 15.2. The predicted molar refractivity (Wildman–Crippen MR) is 67.8 cm³/mol. The van der Waals surface area contributed by atoms with Gasteiger partial charge in [-0.25, -0.2) is 14.2 Å². The summed E-state index contributed by atoms with van der Waals surface area (Å²) in [6.07, 6.45) is 0. The van der Waals surface area contributed by atoms with E-state index in [9.17, 15) is 14.3 Å². The molecular formula is C13H11ClFNO2. The zero-order valence-corrected chi connectivity index (χ0v) is 10.6. The SMILES string of the molecule is CC(C)c1c(C(=O)O)c(Cl)nc2cc(F)ccc12. The second kappa shape index (κ2) is 4.53. The Morgan fingerprint density at radius 2 is 2.11 bits per heavy atom. The fraction of sp³-hybridized carbons (Fsp3) is 0.231. The van der Waals surface area contributed by atoms with E-state index in [0.717, 1.165) is 0 Å². The van der Waals surface area contributed by atoms with Gasteiger partial charge in [-0.3, -0.25) is 0 Å². The number of nitrogens with zero attached hydrogens (tertiary/aromatic N) is 1. The Morgan fingerprint density at radius 1 is 1.44 bits per heavy atom. The average Bonchev–Trinajstić information content (AvgIpc) is 2.25. The number of benzene rings is 1. The first-order valence-electron chi connectivity index (χ1n) is 5.43. The molecule has 1 heterocycles. The molecule has 0 spiro atoms. The molecule has 0 fully saturated rings. The van der Waals surface area contributed by atoms with Crippen molar-refractivity contribution in [3.8, 4) is 0 Å². The van der Waals surface area contributed by atoms with Crippen LogP contribution in [0.15, 0.2) is 18.2 Å². The molecule has 2 rings (SSSR count). The van der Waals surface area contributed by atoms with Crippen LogP contribution in [-0.4, -0.2) is 16.1 Å². The van der Waals surface area contributed by atoms with Gasteiger partial charge in [0.05, 0.1) is 5.52 Å². The third kappa shape index (κ3) is 2.04. The summed E-state index contributed by atoms with van der Waals surface area (Å²) in [5.74, 6) is -1.60. The lowest BCUT2D eigenvalue weighted by molar-refractivity contribution is 0.0695. The zero-order valence-electron chi connectivity index (χ0n) is 9.87. The molecule has 2 aromatic rings. The lowest BCUT2D eigenvalue weighted by atomic mass is 9.94. The molecule has 0 aliphatic carbocycles. The molecule has 1 aromatic heterocycles. The molecule has 0 bridgehead atoms. The maximum atomic E-state index is 13.2. The number of pyridine rings is 1. The Kier molecular flexibility index (Phi) is 3.22. The Bertz CT molecular complexity index is 640. The van der Waals surface area contributed by atoms with E-state index < -0.39 is 11.8 Å². The Hall–Kier alpha value is -1.68. The van der Waals surface area contributed by atoms with E-state index in [1.807, 2.05) is 13.8 Å². The summed E-state index contributed by atoms with van der Waals surface area (Å²) in [7, 11) is 0. The van der Waals surface area contributed by atoms with Crippen molar-refractivity contribution < 1.29 is 14.3 Å². The quantitative estimate of drug-likeness (QED) is 0.841. The molecule has 1 aromatic carbocycles. The minimum absolute atomic E-state index is 0.00854. The first-order valence-corrected chi connectivity index (χ1v) is 5.81. The summed E-state index contributed by atoms with van der Waals surface area (Å²) in [6, 6.07) is 4.07. The van der Waals surface area contributed by atoms with Gasteiger partial charge in [0.15, 0.2) is 0 Å². The lowest BCUT2D eigenvalue weighted by Gasteiger charge is -2.14. The highest BCUT2D eigenvalue weighted by Gasteiger charge is 2.21. The number of carboxylic acids is 1. The standard InChI is InChI=1S/C13H11ClFNO2/c1-6(2)10-8-4-3-7(15)5-9(8)16-12(14)11(10)13(17)18/h3-6H,1-2H3,(H,17,18). The highest BCUT2D eigenvalue weighted by molar-refractivity contribution is 6.33. The van der Waals surface area contributed by atoms with Crippen molar-refractivity contribution in [2.45, 2.75) is 19.8 Å². The van der Waals surface area contributed by atoms with Gasteiger partial charge in [0.2, 0.25) is 0 Å². The van der Waals surface area contributed by atoms with Gasteiger partial charge in [0.1, 0.15) is 16.5 Å². The van der Waals surface area contributed by atoms with Gasteiger partial charge in [0, 0.05) is 11.5 Å². The second-order valence-electron chi connectivity index (χ2n) is 4.31. The van der Waals surface area contributed by atoms with Crippen molar-refractivity contribution in [2.24, 2.45) is 0 Å². The third-order valence-electron chi connectivity index (χ3n) is 2.74. The molecule has 0 aliphatic heterocycles. The van der Waals surface area contributed by atoms with Crippen LogP contribution in [0.2, 0.25) is 5.15 Å². The minimum atomic E-state index is -1.12. The first-order chi connectivity index (χ1) is 8.41. The molecule has 0 saturated heterocycles. The normalized spacial score (nSPS) is 11.2. The molecule has 94 valence electrons. The van der Waals surface area contributed by atoms with Crippen LogP contribution < -0.4 is 0 Å². The molecule has 1 N–H and O–H groups in total. The minimum Gasteiger partial charge on any atom is -0.478 e. The van der Waals surface area contributed by atoms with Gasteiger partial charge in [0.25, 0.3) is 0 Å². The Morgan fingerprint density at radius 3 is 2.67 bits per heavy atom. The summed E-state index contributed by atoms with van der Waals surface area (Å²) in [6.45, 7) is 3.72. The van der Waals surface area contributed by atoms with Gasteiger partial charge in [-0.2, -0.15) is 0 Å². The number of carboxylic acid groups (broad SMARTS) is 1. The molecule has 0 radical (unpaired) electrons. The van der Waals surface area contributed by atoms with Gasteiger partial charge >= 0.3 is 5.97 Å². The van der Waals surface area contributed by atoms with Gasteiger partial charge in [-0.05, 0) is 23.6 Å². The first kappa shape index (κ1) is 12.8. The smallest absolute Gasteiger partial charge is 0.339 e. The van der Waals surface area contributed by atoms with E-state index in [2.05, 4.69) is 4.98 Å². The number of fused-ring (bicyclic) bond motifs is 1. The Balaban J connectivity index is 2.94. The maximum Gasteiger partial charge on any atom is 0.339 e. The number of hydrogen-bond donors (Lipinski definition) is 1. The van der Waals surface area contributed by atoms with Crippen molar-refractivity contribution in [3.63, 3.8) is 0 Å². The molecule has 5 heteroatoms. The molecule has 0 aliphatic rings. The summed E-state index contributed by atoms with van der Waals surface area (Å²) in [5.41, 5.74) is 0.942. The molecule has 18 heavy (non-hydrogen) atoms. The highest BCUT2D eigenvalue weighted by Crippen LogP contribution is 2.32. The predicted octanol–water partition coefficient (Wildman–Crippen LogP) is 3.85. The molecule has 0 saturated carbocycles.